The Hall–Kier alpha value is -2.32. The first-order chi connectivity index (χ1) is 10.7. The second-order valence-electron chi connectivity index (χ2n) is 4.30. The molecule has 2 rings (SSSR count). The number of rotatable bonds is 8. The van der Waals surface area contributed by atoms with Gasteiger partial charge in [-0.3, -0.25) is 9.36 Å². The molecule has 2 aromatic heterocycles. The predicted octanol–water partition coefficient (Wildman–Crippen LogP) is 0.791. The van der Waals surface area contributed by atoms with Crippen molar-refractivity contribution in [2.24, 2.45) is 0 Å². The number of carbonyl (C=O) groups excluding carboxylic acids is 1. The molecule has 0 aliphatic carbocycles. The monoisotopic (exact) mass is 305 g/mol. The topological polar surface area (TPSA) is 91.2 Å². The first-order valence-corrected chi connectivity index (χ1v) is 7.08. The quantitative estimate of drug-likeness (QED) is 0.725. The van der Waals surface area contributed by atoms with Crippen molar-refractivity contribution in [1.82, 2.24) is 25.1 Å². The molecule has 0 fully saturated rings. The first-order valence-electron chi connectivity index (χ1n) is 7.08. The van der Waals surface area contributed by atoms with Crippen molar-refractivity contribution in [2.75, 3.05) is 19.8 Å². The molecule has 118 valence electrons. The molecule has 0 spiro atoms. The molecule has 0 atom stereocenters. The lowest BCUT2D eigenvalue weighted by Crippen LogP contribution is -2.35. The maximum atomic E-state index is 12.0. The number of carbonyl (C=O) groups is 1. The van der Waals surface area contributed by atoms with Gasteiger partial charge in [0.2, 0.25) is 0 Å². The number of imidazole rings is 1. The van der Waals surface area contributed by atoms with Crippen molar-refractivity contribution < 1.29 is 14.3 Å². The fourth-order valence-corrected chi connectivity index (χ4v) is 1.78. The summed E-state index contributed by atoms with van der Waals surface area (Å²) in [6, 6.07) is 3.31. The van der Waals surface area contributed by atoms with Gasteiger partial charge in [-0.05, 0) is 26.0 Å². The molecule has 2 heterocycles. The lowest BCUT2D eigenvalue weighted by Gasteiger charge is -2.17. The molecule has 0 aliphatic rings. The summed E-state index contributed by atoms with van der Waals surface area (Å²) in [5.41, 5.74) is 0.232. The average Bonchev–Trinajstić information content (AvgIpc) is 3.07. The minimum Gasteiger partial charge on any atom is -0.351 e. The van der Waals surface area contributed by atoms with Gasteiger partial charge in [0.1, 0.15) is 6.33 Å². The Kier molecular flexibility index (Phi) is 5.99. The number of amides is 1. The van der Waals surface area contributed by atoms with E-state index in [-0.39, 0.29) is 18.1 Å². The smallest absolute Gasteiger partial charge is 0.271 e. The highest BCUT2D eigenvalue weighted by atomic mass is 16.7. The minimum absolute atomic E-state index is 0.232. The molecular formula is C14H19N5O3. The van der Waals surface area contributed by atoms with Gasteiger partial charge >= 0.3 is 0 Å². The second kappa shape index (κ2) is 8.20. The minimum atomic E-state index is -0.461. The van der Waals surface area contributed by atoms with E-state index in [0.29, 0.717) is 19.0 Å². The molecular weight excluding hydrogens is 286 g/mol. The molecule has 8 heteroatoms. The van der Waals surface area contributed by atoms with Crippen molar-refractivity contribution in [3.05, 3.63) is 36.5 Å². The number of hydrogen-bond acceptors (Lipinski definition) is 6. The molecule has 0 radical (unpaired) electrons. The average molecular weight is 305 g/mol. The van der Waals surface area contributed by atoms with Gasteiger partial charge in [-0.25, -0.2) is 4.98 Å². The predicted molar refractivity (Wildman–Crippen MR) is 78.5 cm³/mol. The Balaban J connectivity index is 1.92. The molecule has 8 nitrogen and oxygen atoms in total. The third-order valence-corrected chi connectivity index (χ3v) is 2.79. The van der Waals surface area contributed by atoms with Crippen LogP contribution in [0.15, 0.2) is 30.9 Å². The molecule has 22 heavy (non-hydrogen) atoms. The molecule has 2 aromatic rings. The Labute approximate surface area is 128 Å². The summed E-state index contributed by atoms with van der Waals surface area (Å²) in [5, 5.41) is 10.6. The SMILES string of the molecule is CCOC(CNC(=O)c1ccc(-n2ccnc2)nn1)OCC. The van der Waals surface area contributed by atoms with E-state index in [9.17, 15) is 4.79 Å². The first kappa shape index (κ1) is 16.1. The van der Waals surface area contributed by atoms with Crippen molar-refractivity contribution >= 4 is 5.91 Å². The molecule has 0 aliphatic heterocycles. The molecule has 0 bridgehead atoms. The van der Waals surface area contributed by atoms with E-state index >= 15 is 0 Å². The summed E-state index contributed by atoms with van der Waals surface area (Å²) >= 11 is 0. The number of aromatic nitrogens is 4. The van der Waals surface area contributed by atoms with Crippen LogP contribution in [0, 0.1) is 0 Å². The lowest BCUT2D eigenvalue weighted by atomic mass is 10.3. The van der Waals surface area contributed by atoms with Crippen LogP contribution in [0.5, 0.6) is 0 Å². The van der Waals surface area contributed by atoms with E-state index in [0.717, 1.165) is 0 Å². The van der Waals surface area contributed by atoms with E-state index in [1.165, 1.54) is 0 Å². The number of nitrogens with one attached hydrogen (secondary N) is 1. The summed E-state index contributed by atoms with van der Waals surface area (Å²) in [6.07, 6.45) is 4.54. The lowest BCUT2D eigenvalue weighted by molar-refractivity contribution is -0.131. The van der Waals surface area contributed by atoms with Gasteiger partial charge in [-0.1, -0.05) is 0 Å². The van der Waals surface area contributed by atoms with E-state index < -0.39 is 6.29 Å². The van der Waals surface area contributed by atoms with Gasteiger partial charge in [0.25, 0.3) is 5.91 Å². The maximum Gasteiger partial charge on any atom is 0.271 e. The maximum absolute atomic E-state index is 12.0. The van der Waals surface area contributed by atoms with Crippen LogP contribution in [-0.2, 0) is 9.47 Å². The summed E-state index contributed by atoms with van der Waals surface area (Å²) in [5.74, 6) is 0.268. The fourth-order valence-electron chi connectivity index (χ4n) is 1.78. The third kappa shape index (κ3) is 4.34. The van der Waals surface area contributed by atoms with Gasteiger partial charge < -0.3 is 14.8 Å². The molecule has 1 amide bonds. The van der Waals surface area contributed by atoms with Gasteiger partial charge in [-0.2, -0.15) is 0 Å². The van der Waals surface area contributed by atoms with E-state index in [1.807, 2.05) is 13.8 Å². The summed E-state index contributed by atoms with van der Waals surface area (Å²) in [6.45, 7) is 5.02. The van der Waals surface area contributed by atoms with Gasteiger partial charge in [-0.15, -0.1) is 10.2 Å². The molecule has 0 aromatic carbocycles. The largest absolute Gasteiger partial charge is 0.351 e. The van der Waals surface area contributed by atoms with Gasteiger partial charge in [0.15, 0.2) is 17.8 Å². The van der Waals surface area contributed by atoms with Crippen LogP contribution in [0.4, 0.5) is 0 Å². The van der Waals surface area contributed by atoms with Crippen LogP contribution in [-0.4, -0.2) is 51.7 Å². The molecule has 0 unspecified atom stereocenters. The Morgan fingerprint density at radius 1 is 1.27 bits per heavy atom. The highest BCUT2D eigenvalue weighted by Crippen LogP contribution is 2.03. The zero-order chi connectivity index (χ0) is 15.8. The zero-order valence-electron chi connectivity index (χ0n) is 12.6. The van der Waals surface area contributed by atoms with Crippen molar-refractivity contribution in [1.29, 1.82) is 0 Å². The van der Waals surface area contributed by atoms with E-state index in [1.54, 1.807) is 35.4 Å². The van der Waals surface area contributed by atoms with Crippen LogP contribution in [0.2, 0.25) is 0 Å². The van der Waals surface area contributed by atoms with Crippen LogP contribution < -0.4 is 5.32 Å². The van der Waals surface area contributed by atoms with Crippen LogP contribution in [0.25, 0.3) is 5.82 Å². The second-order valence-corrected chi connectivity index (χ2v) is 4.30. The van der Waals surface area contributed by atoms with Crippen LogP contribution in [0.1, 0.15) is 24.3 Å². The van der Waals surface area contributed by atoms with Crippen molar-refractivity contribution in [3.8, 4) is 5.82 Å². The zero-order valence-corrected chi connectivity index (χ0v) is 12.6. The Morgan fingerprint density at radius 2 is 2.05 bits per heavy atom. The molecule has 1 N–H and O–H groups in total. The van der Waals surface area contributed by atoms with Crippen LogP contribution >= 0.6 is 0 Å². The highest BCUT2D eigenvalue weighted by Gasteiger charge is 2.13. The van der Waals surface area contributed by atoms with E-state index in [2.05, 4.69) is 20.5 Å². The van der Waals surface area contributed by atoms with Crippen molar-refractivity contribution in [2.45, 2.75) is 20.1 Å². The number of nitrogens with zero attached hydrogens (tertiary/aromatic N) is 4. The molecule has 0 saturated heterocycles. The Morgan fingerprint density at radius 3 is 2.59 bits per heavy atom. The van der Waals surface area contributed by atoms with Gasteiger partial charge in [0.05, 0.1) is 6.54 Å². The standard InChI is InChI=1S/C14H19N5O3/c1-3-21-13(22-4-2)9-16-14(20)11-5-6-12(18-17-11)19-8-7-15-10-19/h5-8,10,13H,3-4,9H2,1-2H3,(H,16,20). The Bertz CT molecular complexity index is 565. The third-order valence-electron chi connectivity index (χ3n) is 2.79. The number of hydrogen-bond donors (Lipinski definition) is 1. The highest BCUT2D eigenvalue weighted by molar-refractivity contribution is 5.92. The fraction of sp³-hybridized carbons (Fsp3) is 0.429. The van der Waals surface area contributed by atoms with E-state index in [4.69, 9.17) is 9.47 Å². The normalized spacial score (nSPS) is 10.9. The number of ether oxygens (including phenoxy) is 2. The van der Waals surface area contributed by atoms with Crippen molar-refractivity contribution in [3.63, 3.8) is 0 Å². The van der Waals surface area contributed by atoms with Gasteiger partial charge in [0, 0.05) is 25.6 Å². The van der Waals surface area contributed by atoms with Crippen LogP contribution in [0.3, 0.4) is 0 Å². The summed E-state index contributed by atoms with van der Waals surface area (Å²) in [7, 11) is 0. The summed E-state index contributed by atoms with van der Waals surface area (Å²) < 4.78 is 12.4. The molecule has 0 saturated carbocycles. The summed E-state index contributed by atoms with van der Waals surface area (Å²) in [4.78, 5) is 15.9.